The summed E-state index contributed by atoms with van der Waals surface area (Å²) in [5.41, 5.74) is 0.808. The standard InChI is InChI=1S/C12H16ClF2NOS/c1-2-18-7-3-6-16-9-4-5-11(10(13)8-9)17-12(14)15/h4-5,8,12,16H,2-3,6-7H2,1H3. The predicted molar refractivity (Wildman–Crippen MR) is 74.2 cm³/mol. The van der Waals surface area contributed by atoms with Gasteiger partial charge in [0.1, 0.15) is 5.75 Å². The highest BCUT2D eigenvalue weighted by Crippen LogP contribution is 2.28. The first-order valence-corrected chi connectivity index (χ1v) is 7.22. The van der Waals surface area contributed by atoms with Crippen LogP contribution in [-0.2, 0) is 0 Å². The lowest BCUT2D eigenvalue weighted by Gasteiger charge is -2.10. The summed E-state index contributed by atoms with van der Waals surface area (Å²) in [7, 11) is 0. The van der Waals surface area contributed by atoms with Gasteiger partial charge >= 0.3 is 6.61 Å². The number of thioether (sulfide) groups is 1. The molecule has 1 N–H and O–H groups in total. The molecule has 0 aliphatic heterocycles. The summed E-state index contributed by atoms with van der Waals surface area (Å²) in [6.45, 7) is 0.102. The molecule has 0 fully saturated rings. The molecule has 0 aromatic heterocycles. The van der Waals surface area contributed by atoms with E-state index in [1.165, 1.54) is 6.07 Å². The van der Waals surface area contributed by atoms with E-state index in [0.29, 0.717) is 0 Å². The molecule has 2 nitrogen and oxygen atoms in total. The van der Waals surface area contributed by atoms with Crippen LogP contribution < -0.4 is 10.1 Å². The minimum absolute atomic E-state index is 0.00115. The number of rotatable bonds is 8. The first-order valence-electron chi connectivity index (χ1n) is 5.69. The van der Waals surface area contributed by atoms with Crippen molar-refractivity contribution in [3.63, 3.8) is 0 Å². The van der Waals surface area contributed by atoms with Gasteiger partial charge in [0.2, 0.25) is 0 Å². The zero-order valence-corrected chi connectivity index (χ0v) is 11.7. The molecule has 0 aliphatic carbocycles. The van der Waals surface area contributed by atoms with Crippen LogP contribution >= 0.6 is 23.4 Å². The molecule has 0 saturated heterocycles. The molecule has 102 valence electrons. The Labute approximate surface area is 115 Å². The molecule has 18 heavy (non-hydrogen) atoms. The van der Waals surface area contributed by atoms with Crippen LogP contribution in [0.5, 0.6) is 5.75 Å². The Kier molecular flexibility index (Phi) is 7.20. The summed E-state index contributed by atoms with van der Waals surface area (Å²) < 4.78 is 28.3. The summed E-state index contributed by atoms with van der Waals surface area (Å²) in [5.74, 6) is 2.22. The van der Waals surface area contributed by atoms with Crippen LogP contribution in [0.2, 0.25) is 5.02 Å². The second-order valence-electron chi connectivity index (χ2n) is 3.50. The molecule has 0 atom stereocenters. The zero-order chi connectivity index (χ0) is 13.4. The van der Waals surface area contributed by atoms with Gasteiger partial charge < -0.3 is 10.1 Å². The number of halogens is 3. The third kappa shape index (κ3) is 5.78. The maximum Gasteiger partial charge on any atom is 0.387 e. The SMILES string of the molecule is CCSCCCNc1ccc(OC(F)F)c(Cl)c1. The maximum atomic E-state index is 12.0. The Morgan fingerprint density at radius 3 is 2.83 bits per heavy atom. The molecule has 0 spiro atoms. The summed E-state index contributed by atoms with van der Waals surface area (Å²) in [5, 5.41) is 3.37. The fourth-order valence-corrected chi connectivity index (χ4v) is 2.22. The molecule has 0 amide bonds. The van der Waals surface area contributed by atoms with Gasteiger partial charge in [-0.2, -0.15) is 20.5 Å². The molecule has 0 radical (unpaired) electrons. The Morgan fingerprint density at radius 2 is 2.22 bits per heavy atom. The molecule has 0 aliphatic rings. The van der Waals surface area contributed by atoms with Crippen LogP contribution in [0.3, 0.4) is 0 Å². The molecule has 0 unspecified atom stereocenters. The van der Waals surface area contributed by atoms with Crippen molar-refractivity contribution in [2.45, 2.75) is 20.0 Å². The van der Waals surface area contributed by atoms with Gasteiger partial charge in [-0.1, -0.05) is 18.5 Å². The number of anilines is 1. The lowest BCUT2D eigenvalue weighted by atomic mass is 10.3. The minimum atomic E-state index is -2.85. The molecule has 1 rings (SSSR count). The number of alkyl halides is 2. The molecular weight excluding hydrogens is 280 g/mol. The number of benzene rings is 1. The zero-order valence-electron chi connectivity index (χ0n) is 10.1. The molecule has 0 saturated carbocycles. The Morgan fingerprint density at radius 1 is 1.44 bits per heavy atom. The predicted octanol–water partition coefficient (Wildman–Crippen LogP) is 4.50. The van der Waals surface area contributed by atoms with E-state index in [1.807, 2.05) is 11.8 Å². The highest BCUT2D eigenvalue weighted by Gasteiger charge is 2.08. The van der Waals surface area contributed by atoms with Gasteiger partial charge in [0.15, 0.2) is 0 Å². The molecule has 1 aromatic rings. The number of ether oxygens (including phenoxy) is 1. The molecule has 0 heterocycles. The summed E-state index contributed by atoms with van der Waals surface area (Å²) in [6.07, 6.45) is 1.05. The van der Waals surface area contributed by atoms with E-state index in [2.05, 4.69) is 17.0 Å². The monoisotopic (exact) mass is 295 g/mol. The van der Waals surface area contributed by atoms with Crippen molar-refractivity contribution < 1.29 is 13.5 Å². The van der Waals surface area contributed by atoms with Gasteiger partial charge in [0, 0.05) is 12.2 Å². The second-order valence-corrected chi connectivity index (χ2v) is 5.30. The topological polar surface area (TPSA) is 21.3 Å². The largest absolute Gasteiger partial charge is 0.433 e. The van der Waals surface area contributed by atoms with E-state index in [9.17, 15) is 8.78 Å². The third-order valence-corrected chi connectivity index (χ3v) is 3.43. The van der Waals surface area contributed by atoms with Crippen molar-refractivity contribution in [2.24, 2.45) is 0 Å². The fourth-order valence-electron chi connectivity index (χ4n) is 1.35. The first kappa shape index (κ1) is 15.4. The second kappa shape index (κ2) is 8.43. The summed E-state index contributed by atoms with van der Waals surface area (Å²) >= 11 is 7.72. The smallest absolute Gasteiger partial charge is 0.387 e. The Balaban J connectivity index is 2.41. The normalized spacial score (nSPS) is 10.7. The van der Waals surface area contributed by atoms with Crippen LogP contribution in [0.25, 0.3) is 0 Å². The van der Waals surface area contributed by atoms with E-state index in [1.54, 1.807) is 12.1 Å². The summed E-state index contributed by atoms with van der Waals surface area (Å²) in [6, 6.07) is 4.71. The van der Waals surface area contributed by atoms with Crippen molar-refractivity contribution in [2.75, 3.05) is 23.4 Å². The minimum Gasteiger partial charge on any atom is -0.433 e. The fraction of sp³-hybridized carbons (Fsp3) is 0.500. The highest BCUT2D eigenvalue weighted by molar-refractivity contribution is 7.99. The van der Waals surface area contributed by atoms with Crippen molar-refractivity contribution >= 4 is 29.1 Å². The lowest BCUT2D eigenvalue weighted by Crippen LogP contribution is -2.04. The van der Waals surface area contributed by atoms with Crippen LogP contribution in [0.1, 0.15) is 13.3 Å². The molecule has 1 aromatic carbocycles. The van der Waals surface area contributed by atoms with Crippen molar-refractivity contribution in [1.82, 2.24) is 0 Å². The van der Waals surface area contributed by atoms with Crippen LogP contribution in [0.15, 0.2) is 18.2 Å². The van der Waals surface area contributed by atoms with Crippen molar-refractivity contribution in [3.05, 3.63) is 23.2 Å². The van der Waals surface area contributed by atoms with Crippen LogP contribution in [-0.4, -0.2) is 24.7 Å². The lowest BCUT2D eigenvalue weighted by molar-refractivity contribution is -0.0497. The number of hydrogen-bond acceptors (Lipinski definition) is 3. The van der Waals surface area contributed by atoms with E-state index in [-0.39, 0.29) is 10.8 Å². The molecule has 6 heteroatoms. The van der Waals surface area contributed by atoms with Gasteiger partial charge in [-0.15, -0.1) is 0 Å². The van der Waals surface area contributed by atoms with Gasteiger partial charge in [0.25, 0.3) is 0 Å². The van der Waals surface area contributed by atoms with Crippen molar-refractivity contribution in [3.8, 4) is 5.75 Å². The first-order chi connectivity index (χ1) is 8.63. The van der Waals surface area contributed by atoms with Crippen LogP contribution in [0, 0.1) is 0 Å². The third-order valence-electron chi connectivity index (χ3n) is 2.15. The van der Waals surface area contributed by atoms with E-state index >= 15 is 0 Å². The average molecular weight is 296 g/mol. The summed E-state index contributed by atoms with van der Waals surface area (Å²) in [4.78, 5) is 0. The van der Waals surface area contributed by atoms with E-state index < -0.39 is 6.61 Å². The maximum absolute atomic E-state index is 12.0. The Bertz CT molecular complexity index is 366. The van der Waals surface area contributed by atoms with Crippen LogP contribution in [0.4, 0.5) is 14.5 Å². The van der Waals surface area contributed by atoms with E-state index in [0.717, 1.165) is 30.2 Å². The highest BCUT2D eigenvalue weighted by atomic mass is 35.5. The quantitative estimate of drug-likeness (QED) is 0.714. The number of nitrogens with one attached hydrogen (secondary N) is 1. The van der Waals surface area contributed by atoms with Gasteiger partial charge in [0.05, 0.1) is 5.02 Å². The molecular formula is C12H16ClF2NOS. The van der Waals surface area contributed by atoms with Gasteiger partial charge in [-0.3, -0.25) is 0 Å². The average Bonchev–Trinajstić information content (AvgIpc) is 2.32. The Hall–Kier alpha value is -0.680. The molecule has 0 bridgehead atoms. The van der Waals surface area contributed by atoms with E-state index in [4.69, 9.17) is 11.6 Å². The van der Waals surface area contributed by atoms with Gasteiger partial charge in [-0.05, 0) is 36.1 Å². The number of hydrogen-bond donors (Lipinski definition) is 1. The van der Waals surface area contributed by atoms with Crippen molar-refractivity contribution in [1.29, 1.82) is 0 Å². The van der Waals surface area contributed by atoms with Gasteiger partial charge in [-0.25, -0.2) is 0 Å².